The van der Waals surface area contributed by atoms with Crippen molar-refractivity contribution in [1.82, 2.24) is 0 Å². The lowest BCUT2D eigenvalue weighted by molar-refractivity contribution is -0.147. The molecule has 5 heteroatoms. The van der Waals surface area contributed by atoms with Crippen molar-refractivity contribution in [2.45, 2.75) is 142 Å². The molecule has 0 aliphatic heterocycles. The highest BCUT2D eigenvalue weighted by molar-refractivity contribution is 6.74. The summed E-state index contributed by atoms with van der Waals surface area (Å²) in [6.07, 6.45) is 20.5. The van der Waals surface area contributed by atoms with Gasteiger partial charge in [0.15, 0.2) is 8.32 Å². The number of carbonyl (C=O) groups excluding carboxylic acids is 1. The molecule has 4 nitrogen and oxygen atoms in total. The van der Waals surface area contributed by atoms with Gasteiger partial charge in [-0.1, -0.05) is 91.2 Å². The van der Waals surface area contributed by atoms with Gasteiger partial charge in [0, 0.05) is 6.42 Å². The predicted molar refractivity (Wildman–Crippen MR) is 140 cm³/mol. The molecule has 1 N–H and O–H groups in total. The number of ether oxygens (including phenoxy) is 1. The number of hydrogen-bond acceptors (Lipinski definition) is 4. The third-order valence-corrected chi connectivity index (χ3v) is 11.0. The predicted octanol–water partition coefficient (Wildman–Crippen LogP) is 7.95. The van der Waals surface area contributed by atoms with E-state index in [1.807, 2.05) is 0 Å². The largest absolute Gasteiger partial charge is 0.463 e. The Kier molecular flexibility index (Phi) is 18.4. The van der Waals surface area contributed by atoms with Crippen LogP contribution in [0.15, 0.2) is 12.2 Å². The Bertz CT molecular complexity index is 483. The van der Waals surface area contributed by atoms with Gasteiger partial charge in [0.05, 0.1) is 6.61 Å². The van der Waals surface area contributed by atoms with Crippen LogP contribution in [0.3, 0.4) is 0 Å². The number of unbranched alkanes of at least 4 members (excludes halogenated alkanes) is 11. The number of esters is 1. The molecule has 0 saturated heterocycles. The summed E-state index contributed by atoms with van der Waals surface area (Å²) in [4.78, 5) is 11.9. The van der Waals surface area contributed by atoms with Gasteiger partial charge in [-0.3, -0.25) is 4.79 Å². The minimum atomic E-state index is -1.88. The van der Waals surface area contributed by atoms with Crippen molar-refractivity contribution in [2.75, 3.05) is 13.2 Å². The van der Waals surface area contributed by atoms with Crippen LogP contribution in [0.1, 0.15) is 118 Å². The molecule has 0 aromatic heterocycles. The van der Waals surface area contributed by atoms with E-state index in [4.69, 9.17) is 9.16 Å². The van der Waals surface area contributed by atoms with Crippen molar-refractivity contribution in [2.24, 2.45) is 0 Å². The van der Waals surface area contributed by atoms with Gasteiger partial charge in [-0.15, -0.1) is 0 Å². The second-order valence-corrected chi connectivity index (χ2v) is 15.6. The maximum absolute atomic E-state index is 11.9. The van der Waals surface area contributed by atoms with Crippen LogP contribution in [0.4, 0.5) is 0 Å². The summed E-state index contributed by atoms with van der Waals surface area (Å²) in [5, 5.41) is 10.1. The summed E-state index contributed by atoms with van der Waals surface area (Å²) >= 11 is 0. The van der Waals surface area contributed by atoms with Gasteiger partial charge in [-0.25, -0.2) is 0 Å². The fraction of sp³-hybridized carbons (Fsp3) is 0.889. The summed E-state index contributed by atoms with van der Waals surface area (Å²) in [6.45, 7) is 13.3. The Labute approximate surface area is 200 Å². The first-order valence-electron chi connectivity index (χ1n) is 13.2. The van der Waals surface area contributed by atoms with Crippen LogP contribution in [0.25, 0.3) is 0 Å². The standard InChI is InChI=1S/C27H54O4Si/c1-7-8-9-10-11-12-13-14-15-16-17-18-19-20-21-22-26(29)30-23-25(28)24-31-32(5,6)27(2,3)4/h14-15,25,28H,7-13,16-24H2,1-6H3/b15-14-/t25-/m0/s1. The molecule has 0 aromatic carbocycles. The monoisotopic (exact) mass is 470 g/mol. The highest BCUT2D eigenvalue weighted by Gasteiger charge is 2.37. The summed E-state index contributed by atoms with van der Waals surface area (Å²) in [6, 6.07) is 0. The van der Waals surface area contributed by atoms with E-state index in [2.05, 4.69) is 52.9 Å². The van der Waals surface area contributed by atoms with E-state index in [-0.39, 0.29) is 24.2 Å². The molecular formula is C27H54O4Si. The van der Waals surface area contributed by atoms with Crippen molar-refractivity contribution in [3.8, 4) is 0 Å². The summed E-state index contributed by atoms with van der Waals surface area (Å²) in [7, 11) is -1.88. The number of aliphatic hydroxyl groups is 1. The van der Waals surface area contributed by atoms with Crippen molar-refractivity contribution in [1.29, 1.82) is 0 Å². The van der Waals surface area contributed by atoms with Gasteiger partial charge in [0.2, 0.25) is 0 Å². The lowest BCUT2D eigenvalue weighted by atomic mass is 10.1. The molecule has 0 radical (unpaired) electrons. The van der Waals surface area contributed by atoms with Gasteiger partial charge >= 0.3 is 5.97 Å². The SMILES string of the molecule is CCCCCCCC/C=C\CCCCCCCC(=O)OC[C@H](O)CO[Si](C)(C)C(C)(C)C. The Morgan fingerprint density at radius 2 is 1.34 bits per heavy atom. The highest BCUT2D eigenvalue weighted by atomic mass is 28.4. The Morgan fingerprint density at radius 1 is 0.844 bits per heavy atom. The van der Waals surface area contributed by atoms with Crippen LogP contribution in [0.2, 0.25) is 18.1 Å². The van der Waals surface area contributed by atoms with Gasteiger partial charge in [-0.2, -0.15) is 0 Å². The first-order valence-corrected chi connectivity index (χ1v) is 16.1. The fourth-order valence-electron chi connectivity index (χ4n) is 3.17. The number of aliphatic hydroxyl groups excluding tert-OH is 1. The zero-order chi connectivity index (χ0) is 24.3. The molecule has 0 bridgehead atoms. The average molecular weight is 471 g/mol. The van der Waals surface area contributed by atoms with E-state index in [9.17, 15) is 9.90 Å². The van der Waals surface area contributed by atoms with Crippen LogP contribution in [-0.2, 0) is 14.0 Å². The summed E-state index contributed by atoms with van der Waals surface area (Å²) < 4.78 is 11.2. The van der Waals surface area contributed by atoms with Crippen LogP contribution in [0.5, 0.6) is 0 Å². The Hall–Kier alpha value is -0.653. The first-order chi connectivity index (χ1) is 15.1. The molecule has 0 aliphatic rings. The van der Waals surface area contributed by atoms with Crippen LogP contribution >= 0.6 is 0 Å². The van der Waals surface area contributed by atoms with E-state index in [0.717, 1.165) is 12.8 Å². The molecular weight excluding hydrogens is 416 g/mol. The molecule has 0 unspecified atom stereocenters. The third-order valence-electron chi connectivity index (χ3n) is 6.52. The average Bonchev–Trinajstić information content (AvgIpc) is 2.72. The fourth-order valence-corrected chi connectivity index (χ4v) is 4.21. The number of hydrogen-bond donors (Lipinski definition) is 1. The molecule has 0 saturated carbocycles. The smallest absolute Gasteiger partial charge is 0.305 e. The second kappa shape index (κ2) is 18.7. The van der Waals surface area contributed by atoms with Gasteiger partial charge in [0.25, 0.3) is 0 Å². The molecule has 0 rings (SSSR count). The van der Waals surface area contributed by atoms with E-state index in [0.29, 0.717) is 6.42 Å². The molecule has 190 valence electrons. The molecule has 0 heterocycles. The van der Waals surface area contributed by atoms with Crippen molar-refractivity contribution < 1.29 is 19.1 Å². The molecule has 32 heavy (non-hydrogen) atoms. The number of rotatable bonds is 20. The zero-order valence-electron chi connectivity index (χ0n) is 22.2. The summed E-state index contributed by atoms with van der Waals surface area (Å²) in [5.41, 5.74) is 0. The minimum Gasteiger partial charge on any atom is -0.463 e. The molecule has 0 aliphatic carbocycles. The lowest BCUT2D eigenvalue weighted by Gasteiger charge is -2.36. The van der Waals surface area contributed by atoms with Crippen molar-refractivity contribution >= 4 is 14.3 Å². The maximum Gasteiger partial charge on any atom is 0.305 e. The molecule has 0 fully saturated rings. The van der Waals surface area contributed by atoms with Gasteiger partial charge < -0.3 is 14.3 Å². The first kappa shape index (κ1) is 31.3. The molecule has 0 spiro atoms. The minimum absolute atomic E-state index is 0.0263. The Morgan fingerprint density at radius 3 is 1.88 bits per heavy atom. The molecule has 1 atom stereocenters. The summed E-state index contributed by atoms with van der Waals surface area (Å²) in [5.74, 6) is -0.214. The van der Waals surface area contributed by atoms with E-state index in [1.165, 1.54) is 70.6 Å². The van der Waals surface area contributed by atoms with Gasteiger partial charge in [-0.05, 0) is 50.2 Å². The van der Waals surface area contributed by atoms with E-state index in [1.54, 1.807) is 0 Å². The molecule has 0 aromatic rings. The van der Waals surface area contributed by atoms with E-state index < -0.39 is 14.4 Å². The Balaban J connectivity index is 3.54. The van der Waals surface area contributed by atoms with Crippen molar-refractivity contribution in [3.63, 3.8) is 0 Å². The van der Waals surface area contributed by atoms with Crippen molar-refractivity contribution in [3.05, 3.63) is 12.2 Å². The van der Waals surface area contributed by atoms with Crippen LogP contribution in [0, 0.1) is 0 Å². The normalized spacial score (nSPS) is 13.6. The zero-order valence-corrected chi connectivity index (χ0v) is 23.2. The van der Waals surface area contributed by atoms with Crippen LogP contribution < -0.4 is 0 Å². The third kappa shape index (κ3) is 17.9. The quantitative estimate of drug-likeness (QED) is 0.0848. The topological polar surface area (TPSA) is 55.8 Å². The number of allylic oxidation sites excluding steroid dienone is 2. The molecule has 0 amide bonds. The van der Waals surface area contributed by atoms with E-state index >= 15 is 0 Å². The lowest BCUT2D eigenvalue weighted by Crippen LogP contribution is -2.43. The highest BCUT2D eigenvalue weighted by Crippen LogP contribution is 2.36. The number of carbonyl (C=O) groups is 1. The maximum atomic E-state index is 11.9. The second-order valence-electron chi connectivity index (χ2n) is 10.7. The van der Waals surface area contributed by atoms with Crippen LogP contribution in [-0.4, -0.2) is 38.7 Å². The van der Waals surface area contributed by atoms with Gasteiger partial charge in [0.1, 0.15) is 12.7 Å².